The zero-order chi connectivity index (χ0) is 13.6. The van der Waals surface area contributed by atoms with Crippen molar-refractivity contribution >= 4 is 10.0 Å². The molecule has 1 aromatic rings. The second-order valence-electron chi connectivity index (χ2n) is 4.04. The van der Waals surface area contributed by atoms with Gasteiger partial charge in [-0.15, -0.1) is 0 Å². The van der Waals surface area contributed by atoms with Crippen molar-refractivity contribution in [2.24, 2.45) is 0 Å². The molecule has 18 heavy (non-hydrogen) atoms. The van der Waals surface area contributed by atoms with E-state index in [4.69, 9.17) is 4.74 Å². The van der Waals surface area contributed by atoms with Crippen LogP contribution in [-0.2, 0) is 10.0 Å². The Bertz CT molecular complexity index is 457. The van der Waals surface area contributed by atoms with Crippen LogP contribution < -0.4 is 14.8 Å². The summed E-state index contributed by atoms with van der Waals surface area (Å²) in [5, 5.41) is 2.82. The highest BCUT2D eigenvalue weighted by molar-refractivity contribution is 7.89. The number of hydrogen-bond donors (Lipinski definition) is 2. The number of hydrogen-bond acceptors (Lipinski definition) is 4. The van der Waals surface area contributed by atoms with Crippen LogP contribution in [0.1, 0.15) is 18.5 Å². The molecule has 0 radical (unpaired) electrons. The maximum absolute atomic E-state index is 11.7. The van der Waals surface area contributed by atoms with E-state index in [-0.39, 0.29) is 11.8 Å². The maximum atomic E-state index is 11.7. The molecule has 1 unspecified atom stereocenters. The van der Waals surface area contributed by atoms with Crippen LogP contribution in [0.25, 0.3) is 0 Å². The first-order valence-corrected chi connectivity index (χ1v) is 7.42. The van der Waals surface area contributed by atoms with E-state index in [1.165, 1.54) is 0 Å². The van der Waals surface area contributed by atoms with Gasteiger partial charge in [0.25, 0.3) is 0 Å². The predicted octanol–water partition coefficient (Wildman–Crippen LogP) is 0.895. The number of sulfonamides is 1. The molecule has 0 aliphatic heterocycles. The largest absolute Gasteiger partial charge is 0.497 e. The lowest BCUT2D eigenvalue weighted by molar-refractivity contribution is 0.414. The fourth-order valence-corrected chi connectivity index (χ4v) is 2.79. The second kappa shape index (κ2) is 6.72. The van der Waals surface area contributed by atoms with E-state index < -0.39 is 10.0 Å². The fourth-order valence-electron chi connectivity index (χ4n) is 1.53. The normalized spacial score (nSPS) is 13.3. The Hall–Kier alpha value is -1.11. The summed E-state index contributed by atoms with van der Waals surface area (Å²) in [6.07, 6.45) is 0. The molecule has 0 saturated carbocycles. The van der Waals surface area contributed by atoms with Crippen molar-refractivity contribution in [3.8, 4) is 5.75 Å². The minimum atomic E-state index is -3.25. The van der Waals surface area contributed by atoms with Gasteiger partial charge in [0.15, 0.2) is 0 Å². The van der Waals surface area contributed by atoms with Crippen LogP contribution in [-0.4, -0.2) is 34.9 Å². The predicted molar refractivity (Wildman–Crippen MR) is 72.3 cm³/mol. The average molecular weight is 272 g/mol. The van der Waals surface area contributed by atoms with Crippen molar-refractivity contribution in [3.63, 3.8) is 0 Å². The van der Waals surface area contributed by atoms with Crippen LogP contribution in [0.15, 0.2) is 24.3 Å². The zero-order valence-electron chi connectivity index (χ0n) is 10.9. The van der Waals surface area contributed by atoms with Gasteiger partial charge in [-0.2, -0.15) is 0 Å². The Morgan fingerprint density at radius 1 is 1.28 bits per heavy atom. The molecule has 0 aliphatic rings. The number of nitrogens with one attached hydrogen (secondary N) is 2. The molecule has 0 aliphatic carbocycles. The van der Waals surface area contributed by atoms with E-state index in [9.17, 15) is 8.42 Å². The van der Waals surface area contributed by atoms with Crippen LogP contribution in [0.4, 0.5) is 0 Å². The third-order valence-electron chi connectivity index (χ3n) is 2.59. The summed E-state index contributed by atoms with van der Waals surface area (Å²) >= 11 is 0. The first-order chi connectivity index (χ1) is 8.48. The SMILES string of the molecule is CNCCS(=O)(=O)NC(C)c1ccc(OC)cc1. The summed E-state index contributed by atoms with van der Waals surface area (Å²) in [6, 6.07) is 7.08. The quantitative estimate of drug-likeness (QED) is 0.774. The van der Waals surface area contributed by atoms with Crippen molar-refractivity contribution in [1.82, 2.24) is 10.0 Å². The van der Waals surface area contributed by atoms with Gasteiger partial charge in [-0.1, -0.05) is 12.1 Å². The fraction of sp³-hybridized carbons (Fsp3) is 0.500. The van der Waals surface area contributed by atoms with E-state index >= 15 is 0 Å². The molecule has 102 valence electrons. The molecule has 6 heteroatoms. The van der Waals surface area contributed by atoms with Crippen LogP contribution in [0, 0.1) is 0 Å². The smallest absolute Gasteiger partial charge is 0.213 e. The van der Waals surface area contributed by atoms with Gasteiger partial charge in [-0.3, -0.25) is 0 Å². The molecule has 0 amide bonds. The van der Waals surface area contributed by atoms with E-state index in [0.29, 0.717) is 6.54 Å². The second-order valence-corrected chi connectivity index (χ2v) is 5.91. The topological polar surface area (TPSA) is 67.4 Å². The highest BCUT2D eigenvalue weighted by Crippen LogP contribution is 2.17. The van der Waals surface area contributed by atoms with E-state index in [1.54, 1.807) is 14.2 Å². The highest BCUT2D eigenvalue weighted by atomic mass is 32.2. The summed E-state index contributed by atoms with van der Waals surface area (Å²) < 4.78 is 31.1. The van der Waals surface area contributed by atoms with Gasteiger partial charge in [-0.25, -0.2) is 13.1 Å². The molecule has 5 nitrogen and oxygen atoms in total. The van der Waals surface area contributed by atoms with Gasteiger partial charge >= 0.3 is 0 Å². The zero-order valence-corrected chi connectivity index (χ0v) is 11.8. The molecule has 0 heterocycles. The first-order valence-electron chi connectivity index (χ1n) is 5.77. The van der Waals surface area contributed by atoms with Gasteiger partial charge in [0, 0.05) is 12.6 Å². The van der Waals surface area contributed by atoms with Crippen LogP contribution in [0.3, 0.4) is 0 Å². The van der Waals surface area contributed by atoms with Gasteiger partial charge in [-0.05, 0) is 31.7 Å². The molecule has 0 bridgehead atoms. The molecular weight excluding hydrogens is 252 g/mol. The van der Waals surface area contributed by atoms with Crippen molar-refractivity contribution in [2.75, 3.05) is 26.5 Å². The summed E-state index contributed by atoms with van der Waals surface area (Å²) in [4.78, 5) is 0. The summed E-state index contributed by atoms with van der Waals surface area (Å²) in [5.74, 6) is 0.827. The van der Waals surface area contributed by atoms with Crippen LogP contribution >= 0.6 is 0 Å². The lowest BCUT2D eigenvalue weighted by Crippen LogP contribution is -2.32. The molecule has 1 aromatic carbocycles. The van der Waals surface area contributed by atoms with Crippen LogP contribution in [0.5, 0.6) is 5.75 Å². The van der Waals surface area contributed by atoms with E-state index in [2.05, 4.69) is 10.0 Å². The summed E-state index contributed by atoms with van der Waals surface area (Å²) in [5.41, 5.74) is 0.906. The van der Waals surface area contributed by atoms with Crippen molar-refractivity contribution in [1.29, 1.82) is 0 Å². The Morgan fingerprint density at radius 3 is 2.39 bits per heavy atom. The lowest BCUT2D eigenvalue weighted by atomic mass is 10.1. The Balaban J connectivity index is 2.66. The molecule has 0 aromatic heterocycles. The third kappa shape index (κ3) is 4.64. The molecule has 0 spiro atoms. The lowest BCUT2D eigenvalue weighted by Gasteiger charge is -2.15. The highest BCUT2D eigenvalue weighted by Gasteiger charge is 2.15. The van der Waals surface area contributed by atoms with E-state index in [0.717, 1.165) is 11.3 Å². The third-order valence-corrected chi connectivity index (χ3v) is 4.05. The van der Waals surface area contributed by atoms with Crippen molar-refractivity contribution in [2.45, 2.75) is 13.0 Å². The molecular formula is C12H20N2O3S. The summed E-state index contributed by atoms with van der Waals surface area (Å²) in [7, 11) is 0.0702. The number of ether oxygens (including phenoxy) is 1. The Labute approximate surface area is 109 Å². The first kappa shape index (κ1) is 14.9. The molecule has 0 saturated heterocycles. The Morgan fingerprint density at radius 2 is 1.89 bits per heavy atom. The van der Waals surface area contributed by atoms with Gasteiger partial charge in [0.05, 0.1) is 12.9 Å². The number of rotatable bonds is 7. The van der Waals surface area contributed by atoms with Crippen molar-refractivity contribution in [3.05, 3.63) is 29.8 Å². The molecule has 2 N–H and O–H groups in total. The molecule has 1 atom stereocenters. The molecule has 1 rings (SSSR count). The van der Waals surface area contributed by atoms with Gasteiger partial charge < -0.3 is 10.1 Å². The minimum Gasteiger partial charge on any atom is -0.497 e. The average Bonchev–Trinajstić information content (AvgIpc) is 2.36. The monoisotopic (exact) mass is 272 g/mol. The van der Waals surface area contributed by atoms with E-state index in [1.807, 2.05) is 31.2 Å². The minimum absolute atomic E-state index is 0.0734. The van der Waals surface area contributed by atoms with Gasteiger partial charge in [0.2, 0.25) is 10.0 Å². The van der Waals surface area contributed by atoms with Gasteiger partial charge in [0.1, 0.15) is 5.75 Å². The number of benzene rings is 1. The Kier molecular flexibility index (Phi) is 5.58. The summed E-state index contributed by atoms with van der Waals surface area (Å²) in [6.45, 7) is 2.25. The maximum Gasteiger partial charge on any atom is 0.213 e. The molecule has 0 fully saturated rings. The number of methoxy groups -OCH3 is 1. The van der Waals surface area contributed by atoms with Crippen molar-refractivity contribution < 1.29 is 13.2 Å². The standard InChI is InChI=1S/C12H20N2O3S/c1-10(14-18(15,16)9-8-13-2)11-4-6-12(17-3)7-5-11/h4-7,10,13-14H,8-9H2,1-3H3. The van der Waals surface area contributed by atoms with Crippen LogP contribution in [0.2, 0.25) is 0 Å².